The standard InChI is InChI=1S/C57H103NO5/c1-4-7-10-13-16-19-22-25-27-28-30-32-35-38-41-44-47-50-57(62)63-53(48-45-42-39-36-33-24-21-18-15-12-9-6-3)51-56(61)58-54(52-59)55(60)49-46-43-40-37-34-31-29-26-23-20-17-14-11-8-5-2/h16,19,25,27,30,32,36,38-39,41,53-55,59-60H,4-15,17-18,20-24,26,28-29,31,33-35,37,40,42-52H2,1-3H3,(H,58,61)/b19-16-,27-25-,32-30-,39-36-,41-38-. The third-order valence-corrected chi connectivity index (χ3v) is 12.1. The van der Waals surface area contributed by atoms with Crippen LogP contribution in [-0.2, 0) is 14.3 Å². The Morgan fingerprint density at radius 2 is 0.825 bits per heavy atom. The summed E-state index contributed by atoms with van der Waals surface area (Å²) in [7, 11) is 0. The summed E-state index contributed by atoms with van der Waals surface area (Å²) >= 11 is 0. The van der Waals surface area contributed by atoms with Gasteiger partial charge in [0.05, 0.1) is 25.2 Å². The Bertz CT molecular complexity index is 1130. The Morgan fingerprint density at radius 1 is 0.460 bits per heavy atom. The van der Waals surface area contributed by atoms with Crippen LogP contribution in [0.5, 0.6) is 0 Å². The lowest BCUT2D eigenvalue weighted by Crippen LogP contribution is -2.46. The smallest absolute Gasteiger partial charge is 0.306 e. The predicted molar refractivity (Wildman–Crippen MR) is 273 cm³/mol. The highest BCUT2D eigenvalue weighted by Gasteiger charge is 2.24. The Labute approximate surface area is 390 Å². The first-order valence-electron chi connectivity index (χ1n) is 27.0. The number of allylic oxidation sites excluding steroid dienone is 10. The van der Waals surface area contributed by atoms with E-state index < -0.39 is 18.2 Å². The van der Waals surface area contributed by atoms with E-state index in [4.69, 9.17) is 4.74 Å². The molecule has 3 atom stereocenters. The van der Waals surface area contributed by atoms with Crippen LogP contribution in [-0.4, -0.2) is 46.9 Å². The molecule has 0 bridgehead atoms. The Hall–Kier alpha value is -2.44. The summed E-state index contributed by atoms with van der Waals surface area (Å²) in [6.45, 7) is 6.44. The highest BCUT2D eigenvalue weighted by molar-refractivity contribution is 5.77. The lowest BCUT2D eigenvalue weighted by atomic mass is 10.0. The van der Waals surface area contributed by atoms with Crippen molar-refractivity contribution in [2.45, 2.75) is 283 Å². The van der Waals surface area contributed by atoms with Crippen LogP contribution in [0.15, 0.2) is 60.8 Å². The minimum atomic E-state index is -0.804. The number of amides is 1. The van der Waals surface area contributed by atoms with Crippen LogP contribution in [0, 0.1) is 0 Å². The summed E-state index contributed by atoms with van der Waals surface area (Å²) in [5, 5.41) is 23.8. The zero-order valence-electron chi connectivity index (χ0n) is 41.7. The molecule has 3 N–H and O–H groups in total. The van der Waals surface area contributed by atoms with Crippen molar-refractivity contribution in [1.82, 2.24) is 5.32 Å². The van der Waals surface area contributed by atoms with Gasteiger partial charge in [-0.25, -0.2) is 0 Å². The molecule has 6 nitrogen and oxygen atoms in total. The molecule has 0 aliphatic heterocycles. The molecule has 0 aromatic heterocycles. The average Bonchev–Trinajstić information content (AvgIpc) is 3.28. The molecule has 0 aromatic carbocycles. The zero-order chi connectivity index (χ0) is 45.9. The molecule has 1 amide bonds. The van der Waals surface area contributed by atoms with Gasteiger partial charge in [0, 0.05) is 6.42 Å². The van der Waals surface area contributed by atoms with E-state index in [9.17, 15) is 19.8 Å². The molecule has 0 saturated carbocycles. The van der Waals surface area contributed by atoms with Gasteiger partial charge >= 0.3 is 5.97 Å². The molecular formula is C57H103NO5. The first kappa shape index (κ1) is 60.6. The molecule has 0 radical (unpaired) electrons. The van der Waals surface area contributed by atoms with Crippen LogP contribution in [0.25, 0.3) is 0 Å². The first-order chi connectivity index (χ1) is 31.0. The van der Waals surface area contributed by atoms with E-state index in [1.165, 1.54) is 148 Å². The quantitative estimate of drug-likeness (QED) is 0.0321. The summed E-state index contributed by atoms with van der Waals surface area (Å²) in [6.07, 6.45) is 62.9. The maximum atomic E-state index is 13.2. The van der Waals surface area contributed by atoms with E-state index in [0.717, 1.165) is 64.2 Å². The molecule has 366 valence electrons. The number of aliphatic hydroxyl groups is 2. The molecule has 0 aliphatic carbocycles. The van der Waals surface area contributed by atoms with Crippen LogP contribution in [0.1, 0.15) is 265 Å². The van der Waals surface area contributed by atoms with Crippen molar-refractivity contribution < 1.29 is 24.5 Å². The average molecular weight is 882 g/mol. The Morgan fingerprint density at radius 3 is 1.30 bits per heavy atom. The number of nitrogens with one attached hydrogen (secondary N) is 1. The van der Waals surface area contributed by atoms with Crippen molar-refractivity contribution in [1.29, 1.82) is 0 Å². The summed E-state index contributed by atoms with van der Waals surface area (Å²) in [5.74, 6) is -0.567. The van der Waals surface area contributed by atoms with Crippen LogP contribution < -0.4 is 5.32 Å². The number of esters is 1. The van der Waals surface area contributed by atoms with Crippen molar-refractivity contribution in [3.05, 3.63) is 60.8 Å². The van der Waals surface area contributed by atoms with Gasteiger partial charge in [-0.3, -0.25) is 9.59 Å². The van der Waals surface area contributed by atoms with Gasteiger partial charge in [0.25, 0.3) is 0 Å². The maximum absolute atomic E-state index is 13.2. The molecular weight excluding hydrogens is 779 g/mol. The molecule has 0 rings (SSSR count). The van der Waals surface area contributed by atoms with Crippen molar-refractivity contribution in [2.24, 2.45) is 0 Å². The fraction of sp³-hybridized carbons (Fsp3) is 0.789. The number of rotatable bonds is 48. The largest absolute Gasteiger partial charge is 0.462 e. The molecule has 0 aromatic rings. The van der Waals surface area contributed by atoms with E-state index in [1.807, 2.05) is 0 Å². The van der Waals surface area contributed by atoms with Crippen LogP contribution in [0.4, 0.5) is 0 Å². The third-order valence-electron chi connectivity index (χ3n) is 12.1. The maximum Gasteiger partial charge on any atom is 0.306 e. The van der Waals surface area contributed by atoms with Crippen molar-refractivity contribution in [2.75, 3.05) is 6.61 Å². The minimum Gasteiger partial charge on any atom is -0.462 e. The lowest BCUT2D eigenvalue weighted by Gasteiger charge is -2.24. The summed E-state index contributed by atoms with van der Waals surface area (Å²) in [5.41, 5.74) is 0. The van der Waals surface area contributed by atoms with Gasteiger partial charge in [0.2, 0.25) is 5.91 Å². The molecule has 0 fully saturated rings. The number of unbranched alkanes of at least 4 members (excludes halogenated alkanes) is 26. The van der Waals surface area contributed by atoms with E-state index in [0.29, 0.717) is 25.7 Å². The van der Waals surface area contributed by atoms with Crippen molar-refractivity contribution >= 4 is 11.9 Å². The van der Waals surface area contributed by atoms with Gasteiger partial charge in [-0.05, 0) is 83.5 Å². The highest BCUT2D eigenvalue weighted by atomic mass is 16.5. The zero-order valence-corrected chi connectivity index (χ0v) is 41.7. The topological polar surface area (TPSA) is 95.9 Å². The molecule has 0 aliphatic rings. The van der Waals surface area contributed by atoms with Crippen LogP contribution in [0.3, 0.4) is 0 Å². The second-order valence-corrected chi connectivity index (χ2v) is 18.3. The molecule has 0 spiro atoms. The second-order valence-electron chi connectivity index (χ2n) is 18.3. The molecule has 6 heteroatoms. The normalized spacial score (nSPS) is 13.7. The van der Waals surface area contributed by atoms with E-state index >= 15 is 0 Å². The number of hydrogen-bond acceptors (Lipinski definition) is 5. The van der Waals surface area contributed by atoms with Crippen molar-refractivity contribution in [3.8, 4) is 0 Å². The van der Waals surface area contributed by atoms with E-state index in [-0.39, 0.29) is 24.9 Å². The van der Waals surface area contributed by atoms with Crippen LogP contribution >= 0.6 is 0 Å². The van der Waals surface area contributed by atoms with Gasteiger partial charge < -0.3 is 20.3 Å². The fourth-order valence-corrected chi connectivity index (χ4v) is 7.95. The predicted octanol–water partition coefficient (Wildman–Crippen LogP) is 16.4. The molecule has 0 saturated heterocycles. The Kier molecular flexibility index (Phi) is 48.6. The van der Waals surface area contributed by atoms with Gasteiger partial charge in [-0.2, -0.15) is 0 Å². The van der Waals surface area contributed by atoms with Gasteiger partial charge in [0.15, 0.2) is 0 Å². The number of carbonyl (C=O) groups is 2. The minimum absolute atomic E-state index is 0.0346. The number of hydrogen-bond donors (Lipinski definition) is 3. The Balaban J connectivity index is 4.64. The van der Waals surface area contributed by atoms with E-state index in [1.54, 1.807) is 0 Å². The van der Waals surface area contributed by atoms with E-state index in [2.05, 4.69) is 86.8 Å². The van der Waals surface area contributed by atoms with Gasteiger partial charge in [-0.15, -0.1) is 0 Å². The van der Waals surface area contributed by atoms with Crippen molar-refractivity contribution in [3.63, 3.8) is 0 Å². The number of carbonyl (C=O) groups excluding carboxylic acids is 2. The van der Waals surface area contributed by atoms with Crippen LogP contribution in [0.2, 0.25) is 0 Å². The third kappa shape index (κ3) is 45.9. The highest BCUT2D eigenvalue weighted by Crippen LogP contribution is 2.17. The fourth-order valence-electron chi connectivity index (χ4n) is 7.95. The second kappa shape index (κ2) is 50.6. The number of ether oxygens (including phenoxy) is 1. The first-order valence-corrected chi connectivity index (χ1v) is 27.0. The summed E-state index contributed by atoms with van der Waals surface area (Å²) in [4.78, 5) is 26.1. The summed E-state index contributed by atoms with van der Waals surface area (Å²) in [6, 6.07) is -0.722. The molecule has 0 heterocycles. The number of aliphatic hydroxyl groups excluding tert-OH is 2. The summed E-state index contributed by atoms with van der Waals surface area (Å²) < 4.78 is 5.89. The lowest BCUT2D eigenvalue weighted by molar-refractivity contribution is -0.151. The SMILES string of the molecule is CCCCC/C=C\C/C=C\C/C=C\C/C=C\CCCC(=O)OC(CCC/C=C\CCCCCCCCC)CC(=O)NC(CO)C(O)CCCCCCCCCCCCCCCCC. The van der Waals surface area contributed by atoms with Gasteiger partial charge in [-0.1, -0.05) is 229 Å². The van der Waals surface area contributed by atoms with Gasteiger partial charge in [0.1, 0.15) is 6.10 Å². The molecule has 3 unspecified atom stereocenters. The monoisotopic (exact) mass is 882 g/mol. The molecule has 63 heavy (non-hydrogen) atoms.